The van der Waals surface area contributed by atoms with Gasteiger partial charge in [-0.15, -0.1) is 0 Å². The number of fused-ring (bicyclic) bond motifs is 1. The molecule has 0 atom stereocenters. The van der Waals surface area contributed by atoms with Gasteiger partial charge in [-0.1, -0.05) is 72.3 Å². The molecule has 0 aliphatic rings. The predicted molar refractivity (Wildman–Crippen MR) is 120 cm³/mol. The maximum absolute atomic E-state index is 13.1. The quantitative estimate of drug-likeness (QED) is 0.335. The third-order valence-electron chi connectivity index (χ3n) is 4.75. The average Bonchev–Trinajstić information content (AvgIpc) is 2.71. The summed E-state index contributed by atoms with van der Waals surface area (Å²) >= 11 is 6.01. The van der Waals surface area contributed by atoms with Gasteiger partial charge in [0.15, 0.2) is 5.78 Å². The summed E-state index contributed by atoms with van der Waals surface area (Å²) in [6.07, 6.45) is 3.09. The number of rotatable bonds is 4. The van der Waals surface area contributed by atoms with Gasteiger partial charge in [0.1, 0.15) is 0 Å². The highest BCUT2D eigenvalue weighted by Gasteiger charge is 2.19. The van der Waals surface area contributed by atoms with Crippen LogP contribution in [0.25, 0.3) is 28.1 Å². The van der Waals surface area contributed by atoms with E-state index in [1.807, 2.05) is 67.6 Å². The van der Waals surface area contributed by atoms with Crippen LogP contribution in [0, 0.1) is 6.92 Å². The number of hydrogen-bond donors (Lipinski definition) is 1. The molecule has 1 aromatic heterocycles. The number of benzene rings is 3. The van der Waals surface area contributed by atoms with Crippen LogP contribution in [-0.2, 0) is 0 Å². The average molecular weight is 400 g/mol. The Bertz CT molecular complexity index is 1300. The summed E-state index contributed by atoms with van der Waals surface area (Å²) in [5.74, 6) is -0.354. The number of nitrogens with one attached hydrogen (secondary N) is 1. The Labute approximate surface area is 173 Å². The van der Waals surface area contributed by atoms with Crippen LogP contribution >= 0.6 is 11.6 Å². The van der Waals surface area contributed by atoms with Crippen LogP contribution in [-0.4, -0.2) is 10.8 Å². The van der Waals surface area contributed by atoms with Gasteiger partial charge < -0.3 is 4.98 Å². The van der Waals surface area contributed by atoms with Gasteiger partial charge in [-0.05, 0) is 47.9 Å². The first-order chi connectivity index (χ1) is 14.0. The Kier molecular flexibility index (Phi) is 5.15. The van der Waals surface area contributed by atoms with Gasteiger partial charge in [-0.3, -0.25) is 9.59 Å². The van der Waals surface area contributed by atoms with Crippen LogP contribution in [0.4, 0.5) is 0 Å². The summed E-state index contributed by atoms with van der Waals surface area (Å²) in [5, 5.41) is 1.42. The molecule has 3 aromatic carbocycles. The van der Waals surface area contributed by atoms with Crippen molar-refractivity contribution in [1.82, 2.24) is 4.98 Å². The standard InChI is InChI=1S/C25H18ClNO2/c1-16-10-12-20-21(14-16)27-25(29)24(23(20)18-7-3-2-4-8-18)22(28)13-11-17-6-5-9-19(26)15-17/h2-15H,1H3,(H,27,29). The van der Waals surface area contributed by atoms with Crippen LogP contribution in [0.3, 0.4) is 0 Å². The summed E-state index contributed by atoms with van der Waals surface area (Å²) in [5.41, 5.74) is 3.74. The van der Waals surface area contributed by atoms with E-state index in [0.29, 0.717) is 16.1 Å². The van der Waals surface area contributed by atoms with E-state index in [1.165, 1.54) is 6.08 Å². The second-order valence-electron chi connectivity index (χ2n) is 6.87. The van der Waals surface area contributed by atoms with Crippen molar-refractivity contribution >= 4 is 34.4 Å². The number of allylic oxidation sites excluding steroid dienone is 1. The summed E-state index contributed by atoms with van der Waals surface area (Å²) < 4.78 is 0. The number of ketones is 1. The molecule has 0 aliphatic carbocycles. The lowest BCUT2D eigenvalue weighted by atomic mass is 9.93. The Hall–Kier alpha value is -3.43. The number of aromatic nitrogens is 1. The zero-order chi connectivity index (χ0) is 20.4. The smallest absolute Gasteiger partial charge is 0.260 e. The molecule has 0 bridgehead atoms. The van der Waals surface area contributed by atoms with Crippen molar-refractivity contribution in [3.63, 3.8) is 0 Å². The van der Waals surface area contributed by atoms with Gasteiger partial charge >= 0.3 is 0 Å². The van der Waals surface area contributed by atoms with E-state index >= 15 is 0 Å². The van der Waals surface area contributed by atoms with Crippen LogP contribution < -0.4 is 5.56 Å². The van der Waals surface area contributed by atoms with E-state index in [9.17, 15) is 9.59 Å². The third kappa shape index (κ3) is 3.91. The van der Waals surface area contributed by atoms with Crippen molar-refractivity contribution < 1.29 is 4.79 Å². The summed E-state index contributed by atoms with van der Waals surface area (Å²) in [4.78, 5) is 28.9. The van der Waals surface area contributed by atoms with Crippen molar-refractivity contribution in [2.24, 2.45) is 0 Å². The molecule has 1 heterocycles. The number of carbonyl (C=O) groups excluding carboxylic acids is 1. The van der Waals surface area contributed by atoms with Gasteiger partial charge in [0.2, 0.25) is 0 Å². The van der Waals surface area contributed by atoms with Crippen LogP contribution in [0.2, 0.25) is 5.02 Å². The third-order valence-corrected chi connectivity index (χ3v) is 4.99. The second-order valence-corrected chi connectivity index (χ2v) is 7.31. The zero-order valence-corrected chi connectivity index (χ0v) is 16.5. The summed E-state index contributed by atoms with van der Waals surface area (Å²) in [6, 6.07) is 22.5. The molecule has 0 saturated carbocycles. The van der Waals surface area contributed by atoms with E-state index < -0.39 is 5.56 Å². The Morgan fingerprint density at radius 2 is 1.76 bits per heavy atom. The number of aromatic amines is 1. The molecule has 0 fully saturated rings. The van der Waals surface area contributed by atoms with Crippen molar-refractivity contribution in [1.29, 1.82) is 0 Å². The van der Waals surface area contributed by atoms with Gasteiger partial charge in [0.05, 0.1) is 5.56 Å². The van der Waals surface area contributed by atoms with Gasteiger partial charge in [0, 0.05) is 21.5 Å². The number of aryl methyl sites for hydroxylation is 1. The monoisotopic (exact) mass is 399 g/mol. The Morgan fingerprint density at radius 3 is 2.52 bits per heavy atom. The molecule has 0 saturated heterocycles. The van der Waals surface area contributed by atoms with Crippen molar-refractivity contribution in [2.75, 3.05) is 0 Å². The van der Waals surface area contributed by atoms with E-state index in [4.69, 9.17) is 11.6 Å². The van der Waals surface area contributed by atoms with Gasteiger partial charge in [-0.2, -0.15) is 0 Å². The molecule has 0 aliphatic heterocycles. The molecule has 3 nitrogen and oxygen atoms in total. The highest BCUT2D eigenvalue weighted by atomic mass is 35.5. The Balaban J connectivity index is 1.91. The molecular weight excluding hydrogens is 382 g/mol. The lowest BCUT2D eigenvalue weighted by Gasteiger charge is -2.12. The number of hydrogen-bond acceptors (Lipinski definition) is 2. The van der Waals surface area contributed by atoms with Gasteiger partial charge in [-0.25, -0.2) is 0 Å². The van der Waals surface area contributed by atoms with Crippen LogP contribution in [0.5, 0.6) is 0 Å². The molecule has 1 N–H and O–H groups in total. The van der Waals surface area contributed by atoms with E-state index in [1.54, 1.807) is 18.2 Å². The summed E-state index contributed by atoms with van der Waals surface area (Å²) in [6.45, 7) is 1.97. The molecule has 4 rings (SSSR count). The van der Waals surface area contributed by atoms with Crippen LogP contribution in [0.1, 0.15) is 21.5 Å². The molecule has 142 valence electrons. The minimum absolute atomic E-state index is 0.130. The minimum Gasteiger partial charge on any atom is -0.321 e. The minimum atomic E-state index is -0.400. The molecular formula is C25H18ClNO2. The highest BCUT2D eigenvalue weighted by Crippen LogP contribution is 2.30. The highest BCUT2D eigenvalue weighted by molar-refractivity contribution is 6.30. The van der Waals surface area contributed by atoms with Crippen molar-refractivity contribution in [3.8, 4) is 11.1 Å². The number of halogens is 1. The molecule has 0 radical (unpaired) electrons. The maximum atomic E-state index is 13.1. The summed E-state index contributed by atoms with van der Waals surface area (Å²) in [7, 11) is 0. The van der Waals surface area contributed by atoms with E-state index in [2.05, 4.69) is 4.98 Å². The first-order valence-electron chi connectivity index (χ1n) is 9.23. The molecule has 29 heavy (non-hydrogen) atoms. The molecule has 4 aromatic rings. The molecule has 0 amide bonds. The largest absolute Gasteiger partial charge is 0.321 e. The van der Waals surface area contributed by atoms with Crippen molar-refractivity contribution in [3.05, 3.63) is 111 Å². The van der Waals surface area contributed by atoms with E-state index in [-0.39, 0.29) is 11.3 Å². The molecule has 0 unspecified atom stereocenters. The topological polar surface area (TPSA) is 49.9 Å². The fourth-order valence-corrected chi connectivity index (χ4v) is 3.62. The van der Waals surface area contributed by atoms with Crippen molar-refractivity contribution in [2.45, 2.75) is 6.92 Å². The number of carbonyl (C=O) groups is 1. The SMILES string of the molecule is Cc1ccc2c(-c3ccccc3)c(C(=O)C=Cc3cccc(Cl)c3)c(=O)[nH]c2c1. The normalized spacial score (nSPS) is 11.2. The zero-order valence-electron chi connectivity index (χ0n) is 15.8. The number of H-pyrrole nitrogens is 1. The van der Waals surface area contributed by atoms with Gasteiger partial charge in [0.25, 0.3) is 5.56 Å². The lowest BCUT2D eigenvalue weighted by Crippen LogP contribution is -2.18. The first-order valence-corrected chi connectivity index (χ1v) is 9.61. The first kappa shape index (κ1) is 18.9. The van der Waals surface area contributed by atoms with E-state index in [0.717, 1.165) is 22.1 Å². The molecule has 0 spiro atoms. The molecule has 4 heteroatoms. The Morgan fingerprint density at radius 1 is 0.966 bits per heavy atom. The number of pyridine rings is 1. The predicted octanol–water partition coefficient (Wildman–Crippen LogP) is 6.05. The van der Waals surface area contributed by atoms with Crippen LogP contribution in [0.15, 0.2) is 83.7 Å². The second kappa shape index (κ2) is 7.90. The maximum Gasteiger partial charge on any atom is 0.260 e. The fraction of sp³-hybridized carbons (Fsp3) is 0.0400. The lowest BCUT2D eigenvalue weighted by molar-refractivity contribution is 0.104. The fourth-order valence-electron chi connectivity index (χ4n) is 3.42.